The quantitative estimate of drug-likeness (QED) is 0.442. The lowest BCUT2D eigenvalue weighted by Crippen LogP contribution is -2.48. The van der Waals surface area contributed by atoms with Crippen LogP contribution in [0.2, 0.25) is 0 Å². The summed E-state index contributed by atoms with van der Waals surface area (Å²) in [6.45, 7) is 5.25. The summed E-state index contributed by atoms with van der Waals surface area (Å²) in [4.78, 5) is 35.3. The van der Waals surface area contributed by atoms with Crippen LogP contribution in [0.25, 0.3) is 0 Å². The number of carbonyl (C=O) groups excluding carboxylic acids is 2. The average molecular weight is 302 g/mol. The SMILES string of the molecule is CCC(C)N(C)CCNC(=O)N[C@@H](CCC(N)=O)C(=O)O. The van der Waals surface area contributed by atoms with Crippen LogP contribution >= 0.6 is 0 Å². The van der Waals surface area contributed by atoms with Gasteiger partial charge in [-0.05, 0) is 26.8 Å². The molecule has 8 nitrogen and oxygen atoms in total. The third kappa shape index (κ3) is 8.85. The van der Waals surface area contributed by atoms with E-state index in [1.165, 1.54) is 0 Å². The lowest BCUT2D eigenvalue weighted by atomic mass is 10.1. The molecule has 0 aromatic heterocycles. The zero-order chi connectivity index (χ0) is 16.4. The van der Waals surface area contributed by atoms with Crippen LogP contribution in [0.5, 0.6) is 0 Å². The summed E-state index contributed by atoms with van der Waals surface area (Å²) in [6.07, 6.45) is 0.899. The van der Waals surface area contributed by atoms with Crippen LogP contribution in [0.1, 0.15) is 33.1 Å². The molecule has 0 heterocycles. The maximum absolute atomic E-state index is 11.6. The molecular formula is C13H26N4O4. The molecule has 0 spiro atoms. The van der Waals surface area contributed by atoms with Gasteiger partial charge in [-0.25, -0.2) is 9.59 Å². The summed E-state index contributed by atoms with van der Waals surface area (Å²) >= 11 is 0. The summed E-state index contributed by atoms with van der Waals surface area (Å²) in [5.41, 5.74) is 4.96. The first kappa shape index (κ1) is 19.2. The molecular weight excluding hydrogens is 276 g/mol. The van der Waals surface area contributed by atoms with Gasteiger partial charge in [-0.2, -0.15) is 0 Å². The monoisotopic (exact) mass is 302 g/mol. The Kier molecular flexibility index (Phi) is 9.11. The molecule has 5 N–H and O–H groups in total. The number of carbonyl (C=O) groups is 3. The summed E-state index contributed by atoms with van der Waals surface area (Å²) in [7, 11) is 1.96. The van der Waals surface area contributed by atoms with E-state index < -0.39 is 23.9 Å². The third-order valence-electron chi connectivity index (χ3n) is 3.38. The predicted octanol–water partition coefficient (Wildman–Crippen LogP) is -0.265. The molecule has 0 bridgehead atoms. The van der Waals surface area contributed by atoms with E-state index >= 15 is 0 Å². The maximum Gasteiger partial charge on any atom is 0.326 e. The minimum Gasteiger partial charge on any atom is -0.480 e. The Morgan fingerprint density at radius 2 is 1.95 bits per heavy atom. The summed E-state index contributed by atoms with van der Waals surface area (Å²) in [5, 5.41) is 13.9. The molecule has 0 fully saturated rings. The third-order valence-corrected chi connectivity index (χ3v) is 3.38. The van der Waals surface area contributed by atoms with Crippen LogP contribution in [0, 0.1) is 0 Å². The van der Waals surface area contributed by atoms with E-state index in [4.69, 9.17) is 10.8 Å². The van der Waals surface area contributed by atoms with E-state index in [2.05, 4.69) is 29.4 Å². The van der Waals surface area contributed by atoms with Crippen molar-refractivity contribution in [1.82, 2.24) is 15.5 Å². The number of primary amides is 1. The van der Waals surface area contributed by atoms with Crippen molar-refractivity contribution in [1.29, 1.82) is 0 Å². The maximum atomic E-state index is 11.6. The van der Waals surface area contributed by atoms with Crippen LogP contribution in [0.15, 0.2) is 0 Å². The van der Waals surface area contributed by atoms with Crippen molar-refractivity contribution in [3.8, 4) is 0 Å². The second-order valence-corrected chi connectivity index (χ2v) is 5.03. The second kappa shape index (κ2) is 9.98. The zero-order valence-corrected chi connectivity index (χ0v) is 12.9. The zero-order valence-electron chi connectivity index (χ0n) is 12.9. The second-order valence-electron chi connectivity index (χ2n) is 5.03. The summed E-state index contributed by atoms with van der Waals surface area (Å²) in [6, 6.07) is -1.27. The molecule has 0 radical (unpaired) electrons. The highest BCUT2D eigenvalue weighted by Gasteiger charge is 2.20. The number of rotatable bonds is 10. The van der Waals surface area contributed by atoms with E-state index in [9.17, 15) is 14.4 Å². The van der Waals surface area contributed by atoms with E-state index in [-0.39, 0.29) is 12.8 Å². The smallest absolute Gasteiger partial charge is 0.326 e. The summed E-state index contributed by atoms with van der Waals surface area (Å²) < 4.78 is 0. The Morgan fingerprint density at radius 3 is 2.43 bits per heavy atom. The molecule has 1 unspecified atom stereocenters. The molecule has 2 atom stereocenters. The first-order valence-corrected chi connectivity index (χ1v) is 7.03. The van der Waals surface area contributed by atoms with Crippen molar-refractivity contribution in [3.05, 3.63) is 0 Å². The van der Waals surface area contributed by atoms with Crippen molar-refractivity contribution in [2.75, 3.05) is 20.1 Å². The fraction of sp³-hybridized carbons (Fsp3) is 0.769. The van der Waals surface area contributed by atoms with Gasteiger partial charge in [0.25, 0.3) is 0 Å². The Hall–Kier alpha value is -1.83. The van der Waals surface area contributed by atoms with E-state index in [0.717, 1.165) is 6.42 Å². The van der Waals surface area contributed by atoms with Gasteiger partial charge >= 0.3 is 12.0 Å². The molecule has 0 aliphatic carbocycles. The van der Waals surface area contributed by atoms with Gasteiger partial charge in [0.1, 0.15) is 6.04 Å². The number of aliphatic carboxylic acids is 1. The summed E-state index contributed by atoms with van der Waals surface area (Å²) in [5.74, 6) is -1.79. The number of carboxylic acid groups (broad SMARTS) is 1. The van der Waals surface area contributed by atoms with E-state index in [0.29, 0.717) is 19.1 Å². The van der Waals surface area contributed by atoms with Crippen LogP contribution in [-0.4, -0.2) is 60.1 Å². The lowest BCUT2D eigenvalue weighted by Gasteiger charge is -2.23. The number of urea groups is 1. The van der Waals surface area contributed by atoms with Crippen molar-refractivity contribution in [3.63, 3.8) is 0 Å². The number of carboxylic acids is 1. The molecule has 0 saturated carbocycles. The van der Waals surface area contributed by atoms with Crippen molar-refractivity contribution in [2.45, 2.75) is 45.2 Å². The number of likely N-dealkylation sites (N-methyl/N-ethyl adjacent to an activating group) is 1. The number of nitrogens with two attached hydrogens (primary N) is 1. The molecule has 122 valence electrons. The normalized spacial score (nSPS) is 13.5. The highest BCUT2D eigenvalue weighted by atomic mass is 16.4. The standard InChI is InChI=1S/C13H26N4O4/c1-4-9(2)17(3)8-7-15-13(21)16-10(12(19)20)5-6-11(14)18/h9-10H,4-8H2,1-3H3,(H2,14,18)(H,19,20)(H2,15,16,21)/t9?,10-/m0/s1. The average Bonchev–Trinajstić information content (AvgIpc) is 2.41. The van der Waals surface area contributed by atoms with Gasteiger partial charge in [-0.1, -0.05) is 6.92 Å². The Morgan fingerprint density at radius 1 is 1.33 bits per heavy atom. The van der Waals surface area contributed by atoms with Gasteiger partial charge in [-0.3, -0.25) is 4.79 Å². The molecule has 3 amide bonds. The van der Waals surface area contributed by atoms with E-state index in [1.807, 2.05) is 7.05 Å². The van der Waals surface area contributed by atoms with Gasteiger partial charge in [0.2, 0.25) is 5.91 Å². The van der Waals surface area contributed by atoms with Gasteiger partial charge in [0, 0.05) is 25.6 Å². The largest absolute Gasteiger partial charge is 0.480 e. The molecule has 0 aromatic carbocycles. The number of nitrogens with one attached hydrogen (secondary N) is 2. The topological polar surface area (TPSA) is 125 Å². The Bertz CT molecular complexity index is 362. The lowest BCUT2D eigenvalue weighted by molar-refractivity contribution is -0.139. The minimum atomic E-state index is -1.19. The molecule has 0 aliphatic rings. The van der Waals surface area contributed by atoms with Crippen molar-refractivity contribution in [2.24, 2.45) is 5.73 Å². The van der Waals surface area contributed by atoms with Crippen molar-refractivity contribution < 1.29 is 19.5 Å². The highest BCUT2D eigenvalue weighted by molar-refractivity contribution is 5.83. The number of amides is 3. The molecule has 0 saturated heterocycles. The van der Waals surface area contributed by atoms with Crippen LogP contribution in [-0.2, 0) is 9.59 Å². The van der Waals surface area contributed by atoms with E-state index in [1.54, 1.807) is 0 Å². The van der Waals surface area contributed by atoms with Gasteiger partial charge in [0.15, 0.2) is 0 Å². The fourth-order valence-corrected chi connectivity index (χ4v) is 1.63. The molecule has 8 heteroatoms. The van der Waals surface area contributed by atoms with Crippen LogP contribution < -0.4 is 16.4 Å². The minimum absolute atomic E-state index is 0.0230. The number of hydrogen-bond acceptors (Lipinski definition) is 4. The number of hydrogen-bond donors (Lipinski definition) is 4. The number of nitrogens with zero attached hydrogens (tertiary/aromatic N) is 1. The molecule has 0 aliphatic heterocycles. The van der Waals surface area contributed by atoms with Gasteiger partial charge < -0.3 is 26.4 Å². The molecule has 0 aromatic rings. The first-order chi connectivity index (χ1) is 9.77. The first-order valence-electron chi connectivity index (χ1n) is 7.03. The van der Waals surface area contributed by atoms with Crippen LogP contribution in [0.3, 0.4) is 0 Å². The molecule has 21 heavy (non-hydrogen) atoms. The van der Waals surface area contributed by atoms with Crippen molar-refractivity contribution >= 4 is 17.9 Å². The molecule has 0 rings (SSSR count). The van der Waals surface area contributed by atoms with Crippen LogP contribution in [0.4, 0.5) is 4.79 Å². The highest BCUT2D eigenvalue weighted by Crippen LogP contribution is 1.99. The Labute approximate surface area is 125 Å². The van der Waals surface area contributed by atoms with Gasteiger partial charge in [0.05, 0.1) is 0 Å². The predicted molar refractivity (Wildman–Crippen MR) is 78.8 cm³/mol. The Balaban J connectivity index is 4.09. The van der Waals surface area contributed by atoms with Gasteiger partial charge in [-0.15, -0.1) is 0 Å². The fourth-order valence-electron chi connectivity index (χ4n) is 1.63.